The highest BCUT2D eigenvalue weighted by molar-refractivity contribution is 7.93. The van der Waals surface area contributed by atoms with E-state index in [1.54, 1.807) is 43.4 Å². The maximum atomic E-state index is 13.7. The van der Waals surface area contributed by atoms with E-state index in [1.165, 1.54) is 32.1 Å². The van der Waals surface area contributed by atoms with Gasteiger partial charge in [0.2, 0.25) is 10.0 Å². The van der Waals surface area contributed by atoms with Crippen molar-refractivity contribution in [2.45, 2.75) is 236 Å². The number of aromatic amines is 3. The Morgan fingerprint density at radius 2 is 1.28 bits per heavy atom. The van der Waals surface area contributed by atoms with E-state index in [4.69, 9.17) is 29.5 Å². The van der Waals surface area contributed by atoms with E-state index in [2.05, 4.69) is 81.6 Å². The lowest BCUT2D eigenvalue weighted by molar-refractivity contribution is -0.154. The van der Waals surface area contributed by atoms with Crippen molar-refractivity contribution >= 4 is 71.5 Å². The molecule has 0 bridgehead atoms. The first-order chi connectivity index (χ1) is 56.1. The minimum Gasteiger partial charge on any atom is -0.507 e. The van der Waals surface area contributed by atoms with Crippen LogP contribution >= 0.6 is 0 Å². The molecule has 13 rings (SSSR count). The first-order valence-electron chi connectivity index (χ1n) is 40.9. The lowest BCUT2D eigenvalue weighted by atomic mass is 9.94. The van der Waals surface area contributed by atoms with Crippen LogP contribution in [0.1, 0.15) is 215 Å². The Hall–Kier alpha value is -10.6. The molecule has 1 amide bonds. The number of fused-ring (bicyclic) bond motifs is 4. The number of H-pyrrole nitrogens is 3. The number of aryl methyl sites for hydroxylation is 8. The van der Waals surface area contributed by atoms with E-state index >= 15 is 0 Å². The molecular formula is C85H119N19O12S2. The molecule has 33 heteroatoms. The summed E-state index contributed by atoms with van der Waals surface area (Å²) < 4.78 is 78.7. The molecule has 8 N–H and O–H groups in total. The molecule has 1 saturated heterocycles. The van der Waals surface area contributed by atoms with Crippen LogP contribution in [0.15, 0.2) is 91.0 Å². The number of aromatic nitrogens is 16. The molecule has 9 heterocycles. The zero-order chi connectivity index (χ0) is 85.7. The van der Waals surface area contributed by atoms with E-state index in [-0.39, 0.29) is 48.9 Å². The summed E-state index contributed by atoms with van der Waals surface area (Å²) in [6.07, 6.45) is 10.4. The summed E-state index contributed by atoms with van der Waals surface area (Å²) in [5, 5.41) is 75.4. The lowest BCUT2D eigenvalue weighted by Gasteiger charge is -2.29. The smallest absolute Gasteiger partial charge is 0.347 e. The Labute approximate surface area is 691 Å². The van der Waals surface area contributed by atoms with E-state index < -0.39 is 54.1 Å². The number of aromatic hydroxyl groups is 1. The summed E-state index contributed by atoms with van der Waals surface area (Å²) in [6, 6.07) is 27.9. The van der Waals surface area contributed by atoms with Crippen LogP contribution in [0.25, 0.3) is 45.1 Å². The van der Waals surface area contributed by atoms with Crippen LogP contribution in [0.5, 0.6) is 17.2 Å². The Bertz CT molecular complexity index is 5630. The number of carbonyl (C=O) groups is 2. The van der Waals surface area contributed by atoms with Crippen molar-refractivity contribution in [3.8, 4) is 39.8 Å². The summed E-state index contributed by atoms with van der Waals surface area (Å²) in [6.45, 7) is 34.1. The second kappa shape index (κ2) is 38.8. The highest BCUT2D eigenvalue weighted by Crippen LogP contribution is 2.37. The number of hydrogen-bond donors (Lipinski definition) is 8. The van der Waals surface area contributed by atoms with E-state index in [0.29, 0.717) is 89.7 Å². The monoisotopic (exact) mass is 1660 g/mol. The van der Waals surface area contributed by atoms with Crippen LogP contribution in [0.4, 0.5) is 17.2 Å². The van der Waals surface area contributed by atoms with Gasteiger partial charge >= 0.3 is 5.97 Å². The molecule has 0 spiro atoms. The standard InChI is InChI=1S/C38H53N5O6S.C21H29N5O3.C19H27N5O2S.C7H10N4O/c1-6-7-8-9-10-11-12-13-18-33(49-30-21-19-29(20-22-30)42-23-25-50(46,47)26-24-42)36(45)48-27-38(3,4)37-40-41(5)35-28(2)34(39-43(35)37)31-16-14-15-17-32(31)44;1-7-15(29-16-9-8-12(2)10-13(16)3)19(28)22-17-14(4)18-23-24-20(26(18)25-17)21(5,6)11-27;1-6-12(3)18-20-21-19-14(5)17(22-24(18)19)15-10-8-9-11-16(15)23-27(25,26)13(4)7-2;1-4-5(2)10-11-6(3-12)8-9-7(4)11/h14-17,19-22,33,44H,6-13,18,23-27H2,1-5H3;8-10,15,25,27H,7,11H2,1-6H3,(H,22,28);8-13,22-23H,6-7H2,1-5H3;10,12H,3H2,1-2H3. The molecule has 12 aromatic rings. The molecule has 31 nitrogen and oxygen atoms in total. The zero-order valence-electron chi connectivity index (χ0n) is 71.5. The van der Waals surface area contributed by atoms with Crippen molar-refractivity contribution in [3.63, 3.8) is 0 Å². The number of phenolic OH excluding ortho intramolecular Hbond substituents is 1. The number of sulfonamides is 1. The Morgan fingerprint density at radius 3 is 1.92 bits per heavy atom. The van der Waals surface area contributed by atoms with Crippen molar-refractivity contribution in [1.82, 2.24) is 78.8 Å². The molecule has 1 aliphatic rings. The number of nitrogens with one attached hydrogen (secondary N) is 5. The van der Waals surface area contributed by atoms with Gasteiger partial charge < -0.3 is 39.7 Å². The fourth-order valence-electron chi connectivity index (χ4n) is 13.9. The molecule has 4 atom stereocenters. The SMILES string of the molecule is CCC(C)c1nnc2c(C)c(-c3ccccc3NS(=O)(=O)C(C)CC)[nH]n12.CCC(Oc1ccc(C)cc1C)C(=O)Nc1[nH]n2c(C(C)(C)CO)nnc2c1C.CCCCCCCCCCC(Oc1ccc(N2CCS(=O)(=O)CC2)cc1)C(=O)OCC(C)(C)c1nn(C)c2c(C)c(-c3ccccc3O)nn12.Cc1[nH]n2c(CO)nnc2c1C. The number of nitrogens with zero attached hydrogens (tertiary/aromatic N) is 14. The third-order valence-corrected chi connectivity index (χ3v) is 25.5. The van der Waals surface area contributed by atoms with Gasteiger partial charge in [0.15, 0.2) is 67.9 Å². The number of anilines is 3. The normalized spacial score (nSPS) is 14.1. The molecule has 638 valence electrons. The van der Waals surface area contributed by atoms with Crippen molar-refractivity contribution in [1.29, 1.82) is 0 Å². The second-order valence-electron chi connectivity index (χ2n) is 32.1. The molecule has 4 aromatic carbocycles. The zero-order valence-corrected chi connectivity index (χ0v) is 73.1. The third kappa shape index (κ3) is 20.7. The minimum absolute atomic E-state index is 0.0663. The van der Waals surface area contributed by atoms with Gasteiger partial charge in [-0.15, -0.1) is 30.6 Å². The number of hydrogen-bond acceptors (Lipinski definition) is 21. The summed E-state index contributed by atoms with van der Waals surface area (Å²) in [7, 11) is -4.56. The predicted molar refractivity (Wildman–Crippen MR) is 459 cm³/mol. The molecule has 1 aliphatic heterocycles. The van der Waals surface area contributed by atoms with Gasteiger partial charge in [-0.25, -0.2) is 39.9 Å². The van der Waals surface area contributed by atoms with Crippen molar-refractivity contribution in [2.24, 2.45) is 7.05 Å². The number of benzene rings is 4. The van der Waals surface area contributed by atoms with E-state index in [0.717, 1.165) is 104 Å². The molecule has 0 radical (unpaired) electrons. The summed E-state index contributed by atoms with van der Waals surface area (Å²) in [4.78, 5) is 28.6. The van der Waals surface area contributed by atoms with E-state index in [1.807, 2.05) is 174 Å². The average Bonchev–Trinajstić information content (AvgIpc) is 1.60. The van der Waals surface area contributed by atoms with Crippen LogP contribution < -0.4 is 24.4 Å². The number of esters is 1. The highest BCUT2D eigenvalue weighted by atomic mass is 32.2. The molecular weight excluding hydrogens is 1540 g/mol. The number of ether oxygens (including phenoxy) is 3. The van der Waals surface area contributed by atoms with Gasteiger partial charge in [0, 0.05) is 76.2 Å². The topological polar surface area (TPSA) is 391 Å². The number of amides is 1. The molecule has 0 aliphatic carbocycles. The van der Waals surface area contributed by atoms with Crippen molar-refractivity contribution in [3.05, 3.63) is 153 Å². The van der Waals surface area contributed by atoms with Gasteiger partial charge in [-0.2, -0.15) is 14.7 Å². The quantitative estimate of drug-likeness (QED) is 0.0143. The number of phenols is 1. The summed E-state index contributed by atoms with van der Waals surface area (Å²) in [5.74, 6) is 4.50. The average molecular weight is 1660 g/mol. The van der Waals surface area contributed by atoms with Crippen LogP contribution in [-0.4, -0.2) is 178 Å². The van der Waals surface area contributed by atoms with Gasteiger partial charge in [0.05, 0.1) is 40.2 Å². The van der Waals surface area contributed by atoms with Gasteiger partial charge in [0.1, 0.15) is 42.0 Å². The summed E-state index contributed by atoms with van der Waals surface area (Å²) >= 11 is 0. The van der Waals surface area contributed by atoms with Crippen LogP contribution in [-0.2, 0) is 58.7 Å². The maximum absolute atomic E-state index is 13.7. The van der Waals surface area contributed by atoms with Crippen LogP contribution in [0.2, 0.25) is 0 Å². The third-order valence-electron chi connectivity index (χ3n) is 22.0. The first-order valence-corrected chi connectivity index (χ1v) is 44.2. The Morgan fingerprint density at radius 1 is 0.644 bits per heavy atom. The maximum Gasteiger partial charge on any atom is 0.347 e. The molecule has 1 fully saturated rings. The number of sulfone groups is 1. The fraction of sp³-hybridized carbons (Fsp3) is 0.506. The lowest BCUT2D eigenvalue weighted by Crippen LogP contribution is -2.40. The first kappa shape index (κ1) is 89.7. The molecule has 4 unspecified atom stereocenters. The summed E-state index contributed by atoms with van der Waals surface area (Å²) in [5.41, 5.74) is 13.0. The molecule has 8 aromatic heterocycles. The molecule has 0 saturated carbocycles. The number of rotatable bonds is 32. The predicted octanol–water partition coefficient (Wildman–Crippen LogP) is 14.1. The van der Waals surface area contributed by atoms with Crippen LogP contribution in [0, 0.1) is 48.5 Å². The largest absolute Gasteiger partial charge is 0.507 e. The number of aliphatic hydroxyl groups is 2. The van der Waals surface area contributed by atoms with Crippen LogP contribution in [0.3, 0.4) is 0 Å². The van der Waals surface area contributed by atoms with Gasteiger partial charge in [-0.1, -0.05) is 141 Å². The second-order valence-corrected chi connectivity index (χ2v) is 36.5. The number of aliphatic hydroxyl groups excluding tert-OH is 2. The van der Waals surface area contributed by atoms with Gasteiger partial charge in [0.25, 0.3) is 5.91 Å². The number of carbonyl (C=O) groups excluding carboxylic acids is 2. The Kier molecular flexibility index (Phi) is 29.5. The minimum atomic E-state index is -3.45. The van der Waals surface area contributed by atoms with E-state index in [9.17, 15) is 36.6 Å². The van der Waals surface area contributed by atoms with Crippen molar-refractivity contribution in [2.75, 3.05) is 52.7 Å². The highest BCUT2D eigenvalue weighted by Gasteiger charge is 2.35. The number of unbranched alkanes of at least 4 members (excludes halogenated alkanes) is 7. The van der Waals surface area contributed by atoms with Gasteiger partial charge in [-0.3, -0.25) is 24.8 Å². The molecule has 118 heavy (non-hydrogen) atoms. The van der Waals surface area contributed by atoms with Gasteiger partial charge in [-0.05, 0) is 155 Å². The fourth-order valence-corrected chi connectivity index (χ4v) is 16.3. The number of para-hydroxylation sites is 2. The van der Waals surface area contributed by atoms with Crippen molar-refractivity contribution < 1.29 is 56.0 Å². The Balaban J connectivity index is 0.000000183.